The van der Waals surface area contributed by atoms with E-state index < -0.39 is 0 Å². The van der Waals surface area contributed by atoms with Crippen LogP contribution in [-0.4, -0.2) is 39.4 Å². The zero-order valence-corrected chi connectivity index (χ0v) is 18.8. The summed E-state index contributed by atoms with van der Waals surface area (Å²) in [6.45, 7) is 10.1. The number of anilines is 1. The second-order valence-corrected chi connectivity index (χ2v) is 8.01. The van der Waals surface area contributed by atoms with Crippen molar-refractivity contribution in [2.45, 2.75) is 34.6 Å². The third-order valence-corrected chi connectivity index (χ3v) is 5.32. The Labute approximate surface area is 183 Å². The van der Waals surface area contributed by atoms with Crippen LogP contribution in [0.15, 0.2) is 54.7 Å². The number of likely N-dealkylation sites (N-methyl/N-ethyl adjacent to an activating group) is 1. The minimum absolute atomic E-state index is 0.00598. The van der Waals surface area contributed by atoms with E-state index in [1.165, 1.54) is 5.56 Å². The van der Waals surface area contributed by atoms with Crippen LogP contribution in [0.25, 0.3) is 16.9 Å². The van der Waals surface area contributed by atoms with Crippen molar-refractivity contribution in [3.63, 3.8) is 0 Å². The van der Waals surface area contributed by atoms with Gasteiger partial charge in [-0.1, -0.05) is 50.2 Å². The van der Waals surface area contributed by atoms with E-state index >= 15 is 0 Å². The second-order valence-electron chi connectivity index (χ2n) is 8.01. The normalized spacial score (nSPS) is 10.9. The van der Waals surface area contributed by atoms with E-state index in [4.69, 9.17) is 0 Å². The number of hydrogen-bond acceptors (Lipinski definition) is 3. The van der Waals surface area contributed by atoms with E-state index in [1.54, 1.807) is 4.90 Å². The maximum atomic E-state index is 12.8. The summed E-state index contributed by atoms with van der Waals surface area (Å²) in [5.41, 5.74) is 5.00. The predicted molar refractivity (Wildman–Crippen MR) is 124 cm³/mol. The highest BCUT2D eigenvalue weighted by molar-refractivity contribution is 5.94. The number of carbonyl (C=O) groups is 2. The molecule has 6 heteroatoms. The molecule has 3 aromatic rings. The highest BCUT2D eigenvalue weighted by Gasteiger charge is 2.20. The molecule has 162 valence electrons. The molecule has 0 unspecified atom stereocenters. The highest BCUT2D eigenvalue weighted by Crippen LogP contribution is 2.25. The molecule has 0 aliphatic rings. The summed E-state index contributed by atoms with van der Waals surface area (Å²) in [6.07, 6.45) is 1.92. The quantitative estimate of drug-likeness (QED) is 0.610. The van der Waals surface area contributed by atoms with Crippen LogP contribution in [0, 0.1) is 19.8 Å². The molecule has 0 aliphatic carbocycles. The van der Waals surface area contributed by atoms with Crippen molar-refractivity contribution in [2.24, 2.45) is 5.92 Å². The lowest BCUT2D eigenvalue weighted by atomic mass is 10.1. The fourth-order valence-electron chi connectivity index (χ4n) is 3.34. The van der Waals surface area contributed by atoms with Crippen LogP contribution in [0.3, 0.4) is 0 Å². The highest BCUT2D eigenvalue weighted by atomic mass is 16.2. The van der Waals surface area contributed by atoms with Crippen molar-refractivity contribution in [1.29, 1.82) is 0 Å². The number of imidazole rings is 1. The van der Waals surface area contributed by atoms with Gasteiger partial charge in [0.15, 0.2) is 0 Å². The van der Waals surface area contributed by atoms with Crippen LogP contribution in [0.2, 0.25) is 0 Å². The number of hydrogen-bond donors (Lipinski definition) is 1. The van der Waals surface area contributed by atoms with Gasteiger partial charge in [-0.3, -0.25) is 19.5 Å². The van der Waals surface area contributed by atoms with Gasteiger partial charge in [0.25, 0.3) is 0 Å². The first kappa shape index (κ1) is 22.3. The van der Waals surface area contributed by atoms with Crippen LogP contribution >= 0.6 is 0 Å². The fourth-order valence-corrected chi connectivity index (χ4v) is 3.34. The van der Waals surface area contributed by atoms with E-state index in [0.717, 1.165) is 22.5 Å². The predicted octanol–water partition coefficient (Wildman–Crippen LogP) is 4.60. The fraction of sp³-hybridized carbons (Fsp3) is 0.320. The summed E-state index contributed by atoms with van der Waals surface area (Å²) in [5.74, 6) is -0.0404. The number of aryl methyl sites for hydroxylation is 2. The second kappa shape index (κ2) is 9.60. The Morgan fingerprint density at radius 3 is 2.39 bits per heavy atom. The minimum Gasteiger partial charge on any atom is -0.333 e. The molecule has 0 spiro atoms. The van der Waals surface area contributed by atoms with Crippen LogP contribution in [-0.2, 0) is 9.59 Å². The number of nitrogens with one attached hydrogen (secondary N) is 1. The maximum absolute atomic E-state index is 12.8. The molecule has 0 radical (unpaired) electrons. The van der Waals surface area contributed by atoms with Gasteiger partial charge >= 0.3 is 0 Å². The lowest BCUT2D eigenvalue weighted by Crippen LogP contribution is -2.40. The van der Waals surface area contributed by atoms with E-state index in [0.29, 0.717) is 12.5 Å². The average Bonchev–Trinajstić information content (AvgIpc) is 3.17. The number of rotatable bonds is 7. The third kappa shape index (κ3) is 5.20. The van der Waals surface area contributed by atoms with Gasteiger partial charge in [0, 0.05) is 29.9 Å². The first-order chi connectivity index (χ1) is 14.8. The summed E-state index contributed by atoms with van der Waals surface area (Å²) in [7, 11) is 0. The SMILES string of the molecule is CCN(CC(=O)Nc1nc(-c2ccccc2)cn1-c1ccc(C)c(C)c1)C(=O)C(C)C. The summed E-state index contributed by atoms with van der Waals surface area (Å²) in [6, 6.07) is 16.0. The molecule has 0 saturated carbocycles. The molecule has 0 saturated heterocycles. The molecule has 0 fully saturated rings. The van der Waals surface area contributed by atoms with E-state index in [2.05, 4.69) is 36.3 Å². The smallest absolute Gasteiger partial charge is 0.246 e. The molecular formula is C25H30N4O2. The van der Waals surface area contributed by atoms with Gasteiger partial charge in [-0.05, 0) is 44.0 Å². The van der Waals surface area contributed by atoms with Crippen molar-refractivity contribution in [3.05, 3.63) is 65.9 Å². The third-order valence-electron chi connectivity index (χ3n) is 5.32. The monoisotopic (exact) mass is 418 g/mol. The standard InChI is InChI=1S/C25H30N4O2/c1-6-28(24(31)17(2)3)16-23(30)27-25-26-22(20-10-8-7-9-11-20)15-29(25)21-13-12-18(4)19(5)14-21/h7-15,17H,6,16H2,1-5H3,(H,26,27,30). The Morgan fingerprint density at radius 2 is 1.77 bits per heavy atom. The molecule has 3 rings (SSSR count). The molecule has 0 atom stereocenters. The molecule has 0 aliphatic heterocycles. The van der Waals surface area contributed by atoms with Crippen molar-refractivity contribution < 1.29 is 9.59 Å². The minimum atomic E-state index is -0.272. The summed E-state index contributed by atoms with van der Waals surface area (Å²) < 4.78 is 1.88. The van der Waals surface area contributed by atoms with Gasteiger partial charge in [0.1, 0.15) is 0 Å². The van der Waals surface area contributed by atoms with Gasteiger partial charge < -0.3 is 4.90 Å². The summed E-state index contributed by atoms with van der Waals surface area (Å²) >= 11 is 0. The lowest BCUT2D eigenvalue weighted by Gasteiger charge is -2.22. The van der Waals surface area contributed by atoms with E-state index in [1.807, 2.05) is 67.9 Å². The van der Waals surface area contributed by atoms with Gasteiger partial charge in [-0.25, -0.2) is 4.98 Å². The Kier molecular flexibility index (Phi) is 6.90. The Bertz CT molecular complexity index is 1070. The molecule has 0 bridgehead atoms. The average molecular weight is 419 g/mol. The number of carbonyl (C=O) groups excluding carboxylic acids is 2. The van der Waals surface area contributed by atoms with Crippen LogP contribution in [0.4, 0.5) is 5.95 Å². The van der Waals surface area contributed by atoms with Crippen LogP contribution in [0.1, 0.15) is 31.9 Å². The summed E-state index contributed by atoms with van der Waals surface area (Å²) in [5, 5.41) is 2.91. The zero-order valence-electron chi connectivity index (χ0n) is 18.8. The number of nitrogens with zero attached hydrogens (tertiary/aromatic N) is 3. The largest absolute Gasteiger partial charge is 0.333 e. The van der Waals surface area contributed by atoms with Crippen LogP contribution < -0.4 is 5.32 Å². The number of amides is 2. The molecule has 1 heterocycles. The topological polar surface area (TPSA) is 67.2 Å². The maximum Gasteiger partial charge on any atom is 0.246 e. The van der Waals surface area contributed by atoms with Gasteiger partial charge in [-0.2, -0.15) is 0 Å². The van der Waals surface area contributed by atoms with Crippen molar-refractivity contribution in [1.82, 2.24) is 14.5 Å². The van der Waals surface area contributed by atoms with Crippen LogP contribution in [0.5, 0.6) is 0 Å². The number of benzene rings is 2. The van der Waals surface area contributed by atoms with E-state index in [9.17, 15) is 9.59 Å². The summed E-state index contributed by atoms with van der Waals surface area (Å²) in [4.78, 5) is 31.4. The van der Waals surface area contributed by atoms with E-state index in [-0.39, 0.29) is 24.3 Å². The van der Waals surface area contributed by atoms with Crippen molar-refractivity contribution in [2.75, 3.05) is 18.4 Å². The first-order valence-electron chi connectivity index (χ1n) is 10.6. The van der Waals surface area contributed by atoms with Crippen molar-refractivity contribution in [3.8, 4) is 16.9 Å². The van der Waals surface area contributed by atoms with Gasteiger partial charge in [0.05, 0.1) is 12.2 Å². The van der Waals surface area contributed by atoms with Crippen molar-refractivity contribution >= 4 is 17.8 Å². The molecule has 6 nitrogen and oxygen atoms in total. The van der Waals surface area contributed by atoms with Gasteiger partial charge in [0.2, 0.25) is 17.8 Å². The molecule has 2 aromatic carbocycles. The molecule has 31 heavy (non-hydrogen) atoms. The van der Waals surface area contributed by atoms with Gasteiger partial charge in [-0.15, -0.1) is 0 Å². The molecular weight excluding hydrogens is 388 g/mol. The molecule has 1 aromatic heterocycles. The Morgan fingerprint density at radius 1 is 1.06 bits per heavy atom. The number of aromatic nitrogens is 2. The molecule has 2 amide bonds. The Hall–Kier alpha value is -3.41. The zero-order chi connectivity index (χ0) is 22.5. The molecule has 1 N–H and O–H groups in total. The lowest BCUT2D eigenvalue weighted by molar-refractivity contribution is -0.137. The first-order valence-corrected chi connectivity index (χ1v) is 10.6. The Balaban J connectivity index is 1.94.